The molecule has 1 aromatic rings. The van der Waals surface area contributed by atoms with E-state index >= 15 is 0 Å². The van der Waals surface area contributed by atoms with Crippen LogP contribution in [0, 0.1) is 26.3 Å². The third-order valence-corrected chi connectivity index (χ3v) is 1.05. The summed E-state index contributed by atoms with van der Waals surface area (Å²) in [6.45, 7) is 0. The lowest BCUT2D eigenvalue weighted by molar-refractivity contribution is -0.775. The first-order chi connectivity index (χ1) is 6.04. The van der Waals surface area contributed by atoms with Crippen LogP contribution in [-0.2, 0) is 0 Å². The van der Waals surface area contributed by atoms with Crippen LogP contribution >= 0.6 is 0 Å². The predicted molar refractivity (Wildman–Crippen MR) is 30.8 cm³/mol. The van der Waals surface area contributed by atoms with E-state index in [4.69, 9.17) is 0 Å². The maximum atomic E-state index is 12.4. The number of rotatable bonds is 3. The maximum Gasteiger partial charge on any atom is 0.559 e. The molecule has 0 aliphatic carbocycles. The number of nitro groups is 2. The number of tetrazole rings is 1. The van der Waals surface area contributed by atoms with Crippen LogP contribution in [0.5, 0.6) is 0 Å². The van der Waals surface area contributed by atoms with E-state index in [1.165, 1.54) is 0 Å². The zero-order valence-electron chi connectivity index (χ0n) is 5.77. The molecule has 70 valence electrons. The van der Waals surface area contributed by atoms with E-state index in [1.807, 2.05) is 0 Å². The molecule has 0 bridgehead atoms. The molecule has 10 nitrogen and oxygen atoms in total. The summed E-state index contributed by atoms with van der Waals surface area (Å²) in [5.74, 6) is 0. The van der Waals surface area contributed by atoms with Gasteiger partial charge in [-0.2, -0.15) is 4.39 Å². The Morgan fingerprint density at radius 2 is 1.92 bits per heavy atom. The molecule has 0 aromatic carbocycles. The van der Waals surface area contributed by atoms with Gasteiger partial charge in [-0.05, 0) is 10.4 Å². The van der Waals surface area contributed by atoms with Gasteiger partial charge in [-0.15, -0.1) is 0 Å². The molecular weight excluding hydrogens is 191 g/mol. The van der Waals surface area contributed by atoms with Crippen LogP contribution in [0.15, 0.2) is 0 Å². The summed E-state index contributed by atoms with van der Waals surface area (Å²) in [6, 6.07) is 0. The van der Waals surface area contributed by atoms with Crippen molar-refractivity contribution < 1.29 is 14.2 Å². The molecule has 0 N–H and O–H groups in total. The zero-order valence-corrected chi connectivity index (χ0v) is 5.77. The van der Waals surface area contributed by atoms with Crippen LogP contribution in [0.2, 0.25) is 0 Å². The number of aromatic nitrogens is 4. The topological polar surface area (TPSA) is 130 Å². The average Bonchev–Trinajstić information content (AvgIpc) is 2.35. The minimum atomic E-state index is -2.53. The number of hydrogen-bond acceptors (Lipinski definition) is 7. The molecule has 11 heteroatoms. The van der Waals surface area contributed by atoms with E-state index in [2.05, 4.69) is 15.5 Å². The maximum absolute atomic E-state index is 12.4. The summed E-state index contributed by atoms with van der Waals surface area (Å²) in [7, 11) is 0. The van der Waals surface area contributed by atoms with E-state index < -0.39 is 22.2 Å². The molecule has 0 aliphatic rings. The van der Waals surface area contributed by atoms with Gasteiger partial charge in [0.15, 0.2) is 0 Å². The van der Waals surface area contributed by atoms with E-state index in [-0.39, 0.29) is 4.68 Å². The van der Waals surface area contributed by atoms with Gasteiger partial charge in [-0.3, -0.25) is 20.2 Å². The molecule has 0 fully saturated rings. The van der Waals surface area contributed by atoms with Crippen molar-refractivity contribution in [1.29, 1.82) is 0 Å². The molecule has 1 aromatic heterocycles. The number of hydrogen-bond donors (Lipinski definition) is 0. The smallest absolute Gasteiger partial charge is 0.257 e. The van der Waals surface area contributed by atoms with Gasteiger partial charge in [0.05, 0.1) is 0 Å². The van der Waals surface area contributed by atoms with Crippen LogP contribution < -0.4 is 0 Å². The first-order valence-corrected chi connectivity index (χ1v) is 2.74. The van der Waals surface area contributed by atoms with Crippen molar-refractivity contribution >= 4 is 0 Å². The normalized spacial score (nSPS) is 10.3. The van der Waals surface area contributed by atoms with E-state index in [1.54, 1.807) is 0 Å². The van der Waals surface area contributed by atoms with Gasteiger partial charge in [0, 0.05) is 0 Å². The minimum Gasteiger partial charge on any atom is -0.257 e. The lowest BCUT2D eigenvalue weighted by Crippen LogP contribution is -2.28. The van der Waals surface area contributed by atoms with Gasteiger partial charge in [-0.1, -0.05) is 9.78 Å². The molecule has 0 aliphatic heterocycles. The molecular formula is C2HFN6O4. The second-order valence-corrected chi connectivity index (χ2v) is 1.81. The fourth-order valence-electron chi connectivity index (χ4n) is 0.580. The molecule has 1 rings (SSSR count). The highest BCUT2D eigenvalue weighted by Crippen LogP contribution is 2.06. The van der Waals surface area contributed by atoms with Crippen molar-refractivity contribution in [3.63, 3.8) is 0 Å². The Morgan fingerprint density at radius 3 is 2.23 bits per heavy atom. The quantitative estimate of drug-likeness (QED) is 0.334. The van der Waals surface area contributed by atoms with E-state index in [0.717, 1.165) is 0 Å². The molecule has 0 spiro atoms. The summed E-state index contributed by atoms with van der Waals surface area (Å²) < 4.78 is 12.3. The van der Waals surface area contributed by atoms with Crippen LogP contribution in [0.25, 0.3) is 0 Å². The minimum absolute atomic E-state index is 0.139. The molecule has 0 radical (unpaired) electrons. The Labute approximate surface area is 68.3 Å². The second-order valence-electron chi connectivity index (χ2n) is 1.81. The zero-order chi connectivity index (χ0) is 10.0. The number of halogens is 1. The standard InChI is InChI=1S/C2HFN6O4/c3-1-4-5-6-7(1)2(8(10)11)9(12)13/h2H. The lowest BCUT2D eigenvalue weighted by atomic mass is 10.8. The van der Waals surface area contributed by atoms with Crippen LogP contribution in [0.1, 0.15) is 6.29 Å². The molecule has 0 saturated heterocycles. The molecule has 1 heterocycles. The molecule has 13 heavy (non-hydrogen) atoms. The summed E-state index contributed by atoms with van der Waals surface area (Å²) in [5.41, 5.74) is 0. The van der Waals surface area contributed by atoms with Crippen molar-refractivity contribution in [2.45, 2.75) is 6.29 Å². The molecule has 0 atom stereocenters. The summed E-state index contributed by atoms with van der Waals surface area (Å²) in [4.78, 5) is 17.5. The highest BCUT2D eigenvalue weighted by molar-refractivity contribution is 4.52. The van der Waals surface area contributed by atoms with Gasteiger partial charge in [0.1, 0.15) is 9.85 Å². The molecule has 0 unspecified atom stereocenters. The van der Waals surface area contributed by atoms with Crippen molar-refractivity contribution in [2.75, 3.05) is 0 Å². The first kappa shape index (κ1) is 8.89. The Bertz CT molecular complexity index is 334. The summed E-state index contributed by atoms with van der Waals surface area (Å²) >= 11 is 0. The largest absolute Gasteiger partial charge is 0.559 e. The highest BCUT2D eigenvalue weighted by atomic mass is 19.1. The van der Waals surface area contributed by atoms with Gasteiger partial charge in [-0.25, -0.2) is 0 Å². The Hall–Kier alpha value is -2.20. The summed E-state index contributed by atoms with van der Waals surface area (Å²) in [5, 5.41) is 28.2. The average molecular weight is 192 g/mol. The second kappa shape index (κ2) is 3.04. The number of nitrogens with zero attached hydrogens (tertiary/aromatic N) is 6. The monoisotopic (exact) mass is 192 g/mol. The third-order valence-electron chi connectivity index (χ3n) is 1.05. The predicted octanol–water partition coefficient (Wildman–Crippen LogP) is -1.18. The van der Waals surface area contributed by atoms with Gasteiger partial charge in [0.25, 0.3) is 0 Å². The Balaban J connectivity index is 3.09. The SMILES string of the molecule is O=[N+]([O-])C(n1nnnc1F)[N+](=O)[O-]. The van der Waals surface area contributed by atoms with Crippen LogP contribution in [-0.4, -0.2) is 30.1 Å². The first-order valence-electron chi connectivity index (χ1n) is 2.74. The van der Waals surface area contributed by atoms with Gasteiger partial charge in [0.2, 0.25) is 0 Å². The van der Waals surface area contributed by atoms with Crippen molar-refractivity contribution in [3.8, 4) is 0 Å². The van der Waals surface area contributed by atoms with Crippen molar-refractivity contribution in [1.82, 2.24) is 20.2 Å². The molecule has 0 amide bonds. The van der Waals surface area contributed by atoms with Gasteiger partial charge >= 0.3 is 12.4 Å². The van der Waals surface area contributed by atoms with Gasteiger partial charge < -0.3 is 0 Å². The Morgan fingerprint density at radius 1 is 1.38 bits per heavy atom. The summed E-state index contributed by atoms with van der Waals surface area (Å²) in [6.07, 6.45) is -4.02. The highest BCUT2D eigenvalue weighted by Gasteiger charge is 2.38. The van der Waals surface area contributed by atoms with E-state index in [0.29, 0.717) is 0 Å². The third kappa shape index (κ3) is 1.52. The van der Waals surface area contributed by atoms with Crippen LogP contribution in [0.4, 0.5) is 4.39 Å². The fraction of sp³-hybridized carbons (Fsp3) is 0.500. The van der Waals surface area contributed by atoms with Crippen molar-refractivity contribution in [2.24, 2.45) is 0 Å². The van der Waals surface area contributed by atoms with Crippen LogP contribution in [0.3, 0.4) is 0 Å². The fourth-order valence-corrected chi connectivity index (χ4v) is 0.580. The lowest BCUT2D eigenvalue weighted by Gasteiger charge is -1.98. The Kier molecular flexibility index (Phi) is 2.08. The molecule has 0 saturated carbocycles. The van der Waals surface area contributed by atoms with E-state index in [9.17, 15) is 24.6 Å². The van der Waals surface area contributed by atoms with Crippen molar-refractivity contribution in [3.05, 3.63) is 26.3 Å².